The van der Waals surface area contributed by atoms with Crippen molar-refractivity contribution in [2.45, 2.75) is 45.1 Å². The minimum absolute atomic E-state index is 0.244. The second-order valence-corrected chi connectivity index (χ2v) is 7.15. The van der Waals surface area contributed by atoms with Crippen LogP contribution in [-0.4, -0.2) is 46.3 Å². The highest BCUT2D eigenvalue weighted by Gasteiger charge is 2.17. The second kappa shape index (κ2) is 9.46. The van der Waals surface area contributed by atoms with Crippen molar-refractivity contribution in [1.29, 1.82) is 0 Å². The van der Waals surface area contributed by atoms with Gasteiger partial charge < -0.3 is 10.2 Å². The lowest BCUT2D eigenvalue weighted by Gasteiger charge is -2.33. The van der Waals surface area contributed by atoms with E-state index >= 15 is 0 Å². The Morgan fingerprint density at radius 1 is 1.15 bits per heavy atom. The maximum atomic E-state index is 12.4. The highest BCUT2D eigenvalue weighted by atomic mass is 16.2. The number of benzene rings is 1. The lowest BCUT2D eigenvalue weighted by molar-refractivity contribution is 0.0944. The quantitative estimate of drug-likeness (QED) is 0.763. The molecule has 6 heteroatoms. The third-order valence-corrected chi connectivity index (χ3v) is 5.13. The third kappa shape index (κ3) is 5.26. The fourth-order valence-corrected chi connectivity index (χ4v) is 3.51. The molecule has 1 N–H and O–H groups in total. The van der Waals surface area contributed by atoms with Crippen molar-refractivity contribution in [2.24, 2.45) is 0 Å². The molecule has 0 spiro atoms. The lowest BCUT2D eigenvalue weighted by Crippen LogP contribution is -2.38. The summed E-state index contributed by atoms with van der Waals surface area (Å²) in [5, 5.41) is 7.12. The van der Waals surface area contributed by atoms with Gasteiger partial charge >= 0.3 is 0 Å². The number of amides is 1. The van der Waals surface area contributed by atoms with E-state index in [1.54, 1.807) is 12.1 Å². The minimum Gasteiger partial charge on any atom is -0.351 e. The summed E-state index contributed by atoms with van der Waals surface area (Å²) in [5.74, 6) is -0.244. The molecular weight excluding hydrogens is 340 g/mol. The Morgan fingerprint density at radius 3 is 2.74 bits per heavy atom. The van der Waals surface area contributed by atoms with E-state index in [4.69, 9.17) is 0 Å². The summed E-state index contributed by atoms with van der Waals surface area (Å²) in [5.41, 5.74) is 0.643. The number of piperidine rings is 1. The molecule has 144 valence electrons. The smallest absolute Gasteiger partial charge is 0.271 e. The van der Waals surface area contributed by atoms with Gasteiger partial charge in [-0.15, -0.1) is 0 Å². The summed E-state index contributed by atoms with van der Waals surface area (Å²) in [7, 11) is 0. The molecule has 1 aromatic carbocycles. The molecule has 2 heterocycles. The lowest BCUT2D eigenvalue weighted by atomic mass is 10.0. The number of nitrogens with zero attached hydrogens (tertiary/aromatic N) is 3. The van der Waals surface area contributed by atoms with Crippen LogP contribution in [0.1, 0.15) is 49.5 Å². The van der Waals surface area contributed by atoms with E-state index in [0.717, 1.165) is 19.4 Å². The van der Waals surface area contributed by atoms with Gasteiger partial charge in [-0.3, -0.25) is 9.59 Å². The number of unbranched alkanes of at least 4 members (excludes halogenated alkanes) is 1. The van der Waals surface area contributed by atoms with Gasteiger partial charge in [-0.2, -0.15) is 9.78 Å². The van der Waals surface area contributed by atoms with Gasteiger partial charge in [0.15, 0.2) is 0 Å². The van der Waals surface area contributed by atoms with Crippen LogP contribution in [-0.2, 0) is 0 Å². The van der Waals surface area contributed by atoms with Gasteiger partial charge in [0.05, 0.1) is 5.69 Å². The van der Waals surface area contributed by atoms with Gasteiger partial charge in [-0.25, -0.2) is 0 Å². The number of hydrogen-bond acceptors (Lipinski definition) is 4. The van der Waals surface area contributed by atoms with E-state index < -0.39 is 0 Å². The highest BCUT2D eigenvalue weighted by molar-refractivity contribution is 5.92. The maximum Gasteiger partial charge on any atom is 0.271 e. The molecule has 1 aromatic heterocycles. The molecular formula is C21H28N4O2. The Bertz CT molecular complexity index is 803. The zero-order valence-electron chi connectivity index (χ0n) is 15.9. The summed E-state index contributed by atoms with van der Waals surface area (Å²) < 4.78 is 1.26. The average Bonchev–Trinajstić information content (AvgIpc) is 2.70. The molecule has 1 fully saturated rings. The molecule has 27 heavy (non-hydrogen) atoms. The summed E-state index contributed by atoms with van der Waals surface area (Å²) >= 11 is 0. The predicted octanol–water partition coefficient (Wildman–Crippen LogP) is 2.62. The minimum atomic E-state index is -0.256. The standard InChI is InChI=1S/C21H28N4O2/c1-17-9-5-7-15-24(17)16-8-6-14-22-21(27)19-12-13-20(26)25(23-19)18-10-3-2-4-11-18/h2-4,10-13,17H,5-9,14-16H2,1H3,(H,22,27). The highest BCUT2D eigenvalue weighted by Crippen LogP contribution is 2.16. The van der Waals surface area contributed by atoms with Gasteiger partial charge in [-0.05, 0) is 63.9 Å². The van der Waals surface area contributed by atoms with Crippen LogP contribution in [0.2, 0.25) is 0 Å². The normalized spacial score (nSPS) is 17.6. The van der Waals surface area contributed by atoms with Crippen LogP contribution in [0.25, 0.3) is 5.69 Å². The predicted molar refractivity (Wildman–Crippen MR) is 106 cm³/mol. The summed E-state index contributed by atoms with van der Waals surface area (Å²) in [6, 6.07) is 12.7. The number of para-hydroxylation sites is 1. The first-order chi connectivity index (χ1) is 13.1. The zero-order valence-corrected chi connectivity index (χ0v) is 15.9. The molecule has 1 atom stereocenters. The molecule has 1 unspecified atom stereocenters. The number of aromatic nitrogens is 2. The Balaban J connectivity index is 1.49. The van der Waals surface area contributed by atoms with Crippen molar-refractivity contribution >= 4 is 5.91 Å². The first-order valence-electron chi connectivity index (χ1n) is 9.83. The van der Waals surface area contributed by atoms with E-state index in [-0.39, 0.29) is 17.2 Å². The average molecular weight is 368 g/mol. The van der Waals surface area contributed by atoms with Gasteiger partial charge in [0.25, 0.3) is 11.5 Å². The van der Waals surface area contributed by atoms with E-state index in [9.17, 15) is 9.59 Å². The van der Waals surface area contributed by atoms with E-state index in [0.29, 0.717) is 18.3 Å². The Kier molecular flexibility index (Phi) is 6.76. The molecule has 2 aromatic rings. The number of rotatable bonds is 7. The topological polar surface area (TPSA) is 67.2 Å². The van der Waals surface area contributed by atoms with Crippen LogP contribution in [0.5, 0.6) is 0 Å². The Labute approximate surface area is 160 Å². The van der Waals surface area contributed by atoms with Crippen molar-refractivity contribution in [3.05, 3.63) is 58.5 Å². The van der Waals surface area contributed by atoms with Crippen molar-refractivity contribution in [2.75, 3.05) is 19.6 Å². The Hall–Kier alpha value is -2.47. The van der Waals surface area contributed by atoms with Gasteiger partial charge in [-0.1, -0.05) is 24.6 Å². The molecule has 1 amide bonds. The van der Waals surface area contributed by atoms with E-state index in [1.165, 1.54) is 42.6 Å². The monoisotopic (exact) mass is 368 g/mol. The molecule has 3 rings (SSSR count). The third-order valence-electron chi connectivity index (χ3n) is 5.13. The van der Waals surface area contributed by atoms with Crippen molar-refractivity contribution in [3.63, 3.8) is 0 Å². The fourth-order valence-electron chi connectivity index (χ4n) is 3.51. The second-order valence-electron chi connectivity index (χ2n) is 7.15. The maximum absolute atomic E-state index is 12.4. The van der Waals surface area contributed by atoms with E-state index in [1.807, 2.05) is 18.2 Å². The van der Waals surface area contributed by atoms with Gasteiger partial charge in [0.2, 0.25) is 0 Å². The van der Waals surface area contributed by atoms with Crippen LogP contribution >= 0.6 is 0 Å². The molecule has 0 radical (unpaired) electrons. The summed E-state index contributed by atoms with van der Waals surface area (Å²) in [6.45, 7) is 5.20. The molecule has 1 aliphatic heterocycles. The van der Waals surface area contributed by atoms with Crippen LogP contribution in [0.3, 0.4) is 0 Å². The van der Waals surface area contributed by atoms with Crippen LogP contribution < -0.4 is 10.9 Å². The first kappa shape index (κ1) is 19.3. The van der Waals surface area contributed by atoms with Gasteiger partial charge in [0.1, 0.15) is 5.69 Å². The molecule has 0 saturated carbocycles. The largest absolute Gasteiger partial charge is 0.351 e. The number of hydrogen-bond donors (Lipinski definition) is 1. The molecule has 0 aliphatic carbocycles. The molecule has 1 saturated heterocycles. The van der Waals surface area contributed by atoms with Crippen LogP contribution in [0.15, 0.2) is 47.3 Å². The van der Waals surface area contributed by atoms with Crippen molar-refractivity contribution in [1.82, 2.24) is 20.0 Å². The number of carbonyl (C=O) groups excluding carboxylic acids is 1. The van der Waals surface area contributed by atoms with Gasteiger partial charge in [0, 0.05) is 18.7 Å². The fraction of sp³-hybridized carbons (Fsp3) is 0.476. The number of nitrogens with one attached hydrogen (secondary N) is 1. The number of carbonyl (C=O) groups is 1. The van der Waals surface area contributed by atoms with Crippen molar-refractivity contribution in [3.8, 4) is 5.69 Å². The van der Waals surface area contributed by atoms with Crippen LogP contribution in [0.4, 0.5) is 0 Å². The van der Waals surface area contributed by atoms with E-state index in [2.05, 4.69) is 22.2 Å². The molecule has 0 bridgehead atoms. The molecule has 6 nitrogen and oxygen atoms in total. The zero-order chi connectivity index (χ0) is 19.1. The Morgan fingerprint density at radius 2 is 1.96 bits per heavy atom. The number of likely N-dealkylation sites (tertiary alicyclic amines) is 1. The molecule has 1 aliphatic rings. The van der Waals surface area contributed by atoms with Crippen molar-refractivity contribution < 1.29 is 4.79 Å². The first-order valence-corrected chi connectivity index (χ1v) is 9.83. The summed E-state index contributed by atoms with van der Waals surface area (Å²) in [4.78, 5) is 26.9. The summed E-state index contributed by atoms with van der Waals surface area (Å²) in [6.07, 6.45) is 5.93. The SMILES string of the molecule is CC1CCCCN1CCCCNC(=O)c1ccc(=O)n(-c2ccccc2)n1. The van der Waals surface area contributed by atoms with Crippen LogP contribution in [0, 0.1) is 0 Å².